The zero-order valence-corrected chi connectivity index (χ0v) is 59.8. The van der Waals surface area contributed by atoms with Gasteiger partial charge in [0.15, 0.2) is 6.10 Å². The molecule has 0 aliphatic carbocycles. The molecule has 0 fully saturated rings. The van der Waals surface area contributed by atoms with Crippen molar-refractivity contribution in [2.45, 2.75) is 264 Å². The number of carbonyl (C=O) groups is 2. The lowest BCUT2D eigenvalue weighted by Gasteiger charge is -2.24. The first kappa shape index (κ1) is 86.9. The van der Waals surface area contributed by atoms with Crippen LogP contribution < -0.4 is 0 Å². The number of esters is 2. The Bertz CT molecular complexity index is 2260. The molecule has 0 saturated heterocycles. The lowest BCUT2D eigenvalue weighted by Crippen LogP contribution is -2.37. The number of phosphoric ester groups is 1. The molecule has 0 aromatic rings. The maximum atomic E-state index is 12.9. The Labute approximate surface area is 564 Å². The van der Waals surface area contributed by atoms with Gasteiger partial charge in [0.05, 0.1) is 27.7 Å². The number of allylic oxidation sites excluding steroid dienone is 32. The van der Waals surface area contributed by atoms with Gasteiger partial charge in [0.1, 0.15) is 19.8 Å². The van der Waals surface area contributed by atoms with E-state index in [1.54, 1.807) is 0 Å². The standard InChI is InChI=1S/C82H132NO8P/c1-6-8-10-12-14-16-18-20-22-24-26-28-30-32-34-35-36-37-38-39-40-41-42-43-44-45-46-47-49-51-53-55-57-59-61-63-65-67-69-71-73-75-82(85)91-80(79-90-92(86,87)89-77-76-83(3,4)5)78-88-81(84)74-72-70-68-66-64-62-60-58-56-54-52-50-48-33-31-29-27-25-23-21-19-17-15-13-11-9-7-2/h8-11,14-17,20-23,26-29,32-34,36-37,39-40,42-43,45-46,48,52,54,58,60,80H,6-7,12-13,18-19,24-25,30-31,35,38,41,44,47,49-51,53,55-57,59,61-79H2,1-5H3/p+1/b10-8-,11-9-,16-14-,17-15-,22-20-,23-21-,28-26-,29-27-,34-32-,37-36-,40-39-,43-42-,46-45-,48-33-,54-52-,60-58-. The summed E-state index contributed by atoms with van der Waals surface area (Å²) >= 11 is 0. The van der Waals surface area contributed by atoms with E-state index < -0.39 is 32.5 Å². The molecule has 0 heterocycles. The molecule has 0 aromatic carbocycles. The van der Waals surface area contributed by atoms with Crippen LogP contribution in [0, 0.1) is 0 Å². The molecule has 0 saturated carbocycles. The number of phosphoric acid groups is 1. The van der Waals surface area contributed by atoms with Crippen LogP contribution >= 0.6 is 7.82 Å². The minimum absolute atomic E-state index is 0.0183. The molecular formula is C82H133NO8P+. The van der Waals surface area contributed by atoms with E-state index in [0.29, 0.717) is 23.9 Å². The van der Waals surface area contributed by atoms with Gasteiger partial charge in [-0.15, -0.1) is 0 Å². The number of unbranched alkanes of at least 4 members (excludes halogenated alkanes) is 18. The Morgan fingerprint density at radius 3 is 0.870 bits per heavy atom. The summed E-state index contributed by atoms with van der Waals surface area (Å²) < 4.78 is 34.7. The lowest BCUT2D eigenvalue weighted by atomic mass is 10.0. The van der Waals surface area contributed by atoms with Gasteiger partial charge < -0.3 is 18.9 Å². The van der Waals surface area contributed by atoms with Gasteiger partial charge in [0.25, 0.3) is 0 Å². The van der Waals surface area contributed by atoms with Crippen molar-refractivity contribution in [1.29, 1.82) is 0 Å². The Balaban J connectivity index is 4.12. The van der Waals surface area contributed by atoms with Crippen LogP contribution in [0.5, 0.6) is 0 Å². The molecule has 0 aliphatic rings. The van der Waals surface area contributed by atoms with Crippen molar-refractivity contribution < 1.29 is 42.1 Å². The van der Waals surface area contributed by atoms with Crippen molar-refractivity contribution in [3.05, 3.63) is 194 Å². The number of nitrogens with zero attached hydrogens (tertiary/aromatic N) is 1. The summed E-state index contributed by atoms with van der Waals surface area (Å²) in [6.45, 7) is 4.16. The number of hydrogen-bond donors (Lipinski definition) is 1. The van der Waals surface area contributed by atoms with Crippen LogP contribution in [-0.4, -0.2) is 74.9 Å². The SMILES string of the molecule is CC/C=C\C/C=C\C/C=C\C/C=C\C/C=C\C/C=C\C/C=C\C/C=C\C/C=C\CCCCCCCCCCCCCCCC(=O)OC(COC(=O)CCCCCCC/C=C\C/C=C\C/C=C\C/C=C\C/C=C\C/C=C\C/C=C\CC)COP(=O)(O)OCC[N+](C)(C)C. The Morgan fingerprint density at radius 1 is 0.337 bits per heavy atom. The van der Waals surface area contributed by atoms with Gasteiger partial charge in [-0.05, 0) is 141 Å². The normalized spacial score (nSPS) is 14.3. The van der Waals surface area contributed by atoms with Gasteiger partial charge in [-0.25, -0.2) is 4.57 Å². The number of hydrogen-bond acceptors (Lipinski definition) is 7. The van der Waals surface area contributed by atoms with Crippen molar-refractivity contribution in [2.24, 2.45) is 0 Å². The fraction of sp³-hybridized carbons (Fsp3) is 0.585. The highest BCUT2D eigenvalue weighted by atomic mass is 31.2. The maximum Gasteiger partial charge on any atom is 0.472 e. The molecular weight excluding hydrogens is 1160 g/mol. The van der Waals surface area contributed by atoms with Crippen LogP contribution in [-0.2, 0) is 32.7 Å². The molecule has 0 spiro atoms. The van der Waals surface area contributed by atoms with Gasteiger partial charge in [0, 0.05) is 12.8 Å². The molecule has 92 heavy (non-hydrogen) atoms. The molecule has 0 aromatic heterocycles. The Morgan fingerprint density at radius 2 is 0.587 bits per heavy atom. The van der Waals surface area contributed by atoms with Crippen molar-refractivity contribution >= 4 is 19.8 Å². The third-order valence-corrected chi connectivity index (χ3v) is 15.6. The second kappa shape index (κ2) is 70.2. The van der Waals surface area contributed by atoms with Crippen LogP contribution in [0.2, 0.25) is 0 Å². The third-order valence-electron chi connectivity index (χ3n) is 14.6. The number of quaternary nitrogens is 1. The van der Waals surface area contributed by atoms with E-state index in [9.17, 15) is 19.0 Å². The molecule has 10 heteroatoms. The first-order valence-corrected chi connectivity index (χ1v) is 37.7. The van der Waals surface area contributed by atoms with Gasteiger partial charge in [-0.1, -0.05) is 298 Å². The second-order valence-corrected chi connectivity index (χ2v) is 26.0. The minimum Gasteiger partial charge on any atom is -0.462 e. The van der Waals surface area contributed by atoms with Crippen molar-refractivity contribution in [2.75, 3.05) is 47.5 Å². The summed E-state index contributed by atoms with van der Waals surface area (Å²) in [5.41, 5.74) is 0. The fourth-order valence-electron chi connectivity index (χ4n) is 9.16. The van der Waals surface area contributed by atoms with Gasteiger partial charge in [0.2, 0.25) is 0 Å². The van der Waals surface area contributed by atoms with Crippen molar-refractivity contribution in [3.8, 4) is 0 Å². The minimum atomic E-state index is -4.41. The number of carbonyl (C=O) groups excluding carboxylic acids is 2. The van der Waals surface area contributed by atoms with Crippen LogP contribution in [0.3, 0.4) is 0 Å². The van der Waals surface area contributed by atoms with E-state index in [-0.39, 0.29) is 26.1 Å². The van der Waals surface area contributed by atoms with E-state index in [1.807, 2.05) is 21.1 Å². The highest BCUT2D eigenvalue weighted by Gasteiger charge is 2.27. The summed E-state index contributed by atoms with van der Waals surface area (Å²) in [4.78, 5) is 35.9. The molecule has 518 valence electrons. The third kappa shape index (κ3) is 73.9. The predicted molar refractivity (Wildman–Crippen MR) is 399 cm³/mol. The van der Waals surface area contributed by atoms with E-state index >= 15 is 0 Å². The summed E-state index contributed by atoms with van der Waals surface area (Å²) in [5.74, 6) is -0.832. The molecule has 0 rings (SSSR count). The van der Waals surface area contributed by atoms with Gasteiger partial charge in [-0.2, -0.15) is 0 Å². The highest BCUT2D eigenvalue weighted by Crippen LogP contribution is 2.43. The van der Waals surface area contributed by atoms with Crippen LogP contribution in [0.4, 0.5) is 0 Å². The quantitative estimate of drug-likeness (QED) is 0.0211. The summed E-state index contributed by atoms with van der Waals surface area (Å²) in [5, 5.41) is 0. The molecule has 2 atom stereocenters. The Kier molecular flexibility index (Phi) is 66.2. The van der Waals surface area contributed by atoms with Gasteiger partial charge >= 0.3 is 19.8 Å². The first-order valence-electron chi connectivity index (χ1n) is 36.2. The Hall–Kier alpha value is -5.15. The molecule has 9 nitrogen and oxygen atoms in total. The molecule has 0 amide bonds. The summed E-state index contributed by atoms with van der Waals surface area (Å²) in [6, 6.07) is 0. The topological polar surface area (TPSA) is 108 Å². The number of rotatable bonds is 64. The second-order valence-electron chi connectivity index (χ2n) is 24.5. The molecule has 1 N–H and O–H groups in total. The smallest absolute Gasteiger partial charge is 0.462 e. The highest BCUT2D eigenvalue weighted by molar-refractivity contribution is 7.47. The number of likely N-dealkylation sites (N-methyl/N-ethyl adjacent to an activating group) is 1. The average Bonchev–Trinajstić information content (AvgIpc) is 2.23. The van der Waals surface area contributed by atoms with Gasteiger partial charge in [-0.3, -0.25) is 18.6 Å². The van der Waals surface area contributed by atoms with E-state index in [1.165, 1.54) is 64.2 Å². The van der Waals surface area contributed by atoms with Crippen molar-refractivity contribution in [1.82, 2.24) is 0 Å². The monoisotopic (exact) mass is 1290 g/mol. The van der Waals surface area contributed by atoms with Crippen LogP contribution in [0.25, 0.3) is 0 Å². The van der Waals surface area contributed by atoms with E-state index in [0.717, 1.165) is 154 Å². The first-order chi connectivity index (χ1) is 45.0. The predicted octanol–water partition coefficient (Wildman–Crippen LogP) is 24.0. The zero-order valence-electron chi connectivity index (χ0n) is 59.0. The summed E-state index contributed by atoms with van der Waals surface area (Å²) in [7, 11) is 1.44. The zero-order chi connectivity index (χ0) is 66.9. The molecule has 2 unspecified atom stereocenters. The lowest BCUT2D eigenvalue weighted by molar-refractivity contribution is -0.870. The van der Waals surface area contributed by atoms with E-state index in [4.69, 9.17) is 18.5 Å². The summed E-state index contributed by atoms with van der Waals surface area (Å²) in [6.07, 6.45) is 110. The van der Waals surface area contributed by atoms with Crippen LogP contribution in [0.15, 0.2) is 194 Å². The molecule has 0 bridgehead atoms. The number of ether oxygens (including phenoxy) is 2. The largest absolute Gasteiger partial charge is 0.472 e. The maximum absolute atomic E-state index is 12.9. The van der Waals surface area contributed by atoms with Crippen molar-refractivity contribution in [3.63, 3.8) is 0 Å². The van der Waals surface area contributed by atoms with Crippen LogP contribution in [0.1, 0.15) is 258 Å². The van der Waals surface area contributed by atoms with E-state index in [2.05, 4.69) is 208 Å². The average molecular weight is 1290 g/mol. The molecule has 0 radical (unpaired) electrons. The fourth-order valence-corrected chi connectivity index (χ4v) is 9.91. The molecule has 0 aliphatic heterocycles.